The van der Waals surface area contributed by atoms with E-state index in [1.807, 2.05) is 0 Å². The van der Waals surface area contributed by atoms with E-state index in [9.17, 15) is 18.0 Å². The number of Topliss-reactive ketones (excluding diaryl/α,β-unsaturated/α-hetero) is 1. The molecule has 0 aromatic heterocycles. The van der Waals surface area contributed by atoms with Crippen molar-refractivity contribution in [2.45, 2.75) is 32.4 Å². The van der Waals surface area contributed by atoms with Gasteiger partial charge in [0, 0.05) is 0 Å². The molecule has 0 aliphatic carbocycles. The normalized spacial score (nSPS) is 15.8. The highest BCUT2D eigenvalue weighted by Crippen LogP contribution is 2.21. The smallest absolute Gasteiger partial charge is 0.308 e. The van der Waals surface area contributed by atoms with Crippen LogP contribution in [-0.2, 0) is 19.7 Å². The molecule has 0 saturated heterocycles. The standard InChI is InChI=1S/C9H16O6S/c1-5(2)4-7(9(11)12)8(6(3)10)16(13,14)15/h5,7-8H,4H2,1-3H3,(H,11,12)(H,13,14,15). The number of carboxylic acids is 1. The largest absolute Gasteiger partial charge is 0.481 e. The van der Waals surface area contributed by atoms with Gasteiger partial charge in [-0.15, -0.1) is 0 Å². The van der Waals surface area contributed by atoms with Gasteiger partial charge in [-0.2, -0.15) is 8.42 Å². The fraction of sp³-hybridized carbons (Fsp3) is 0.778. The second-order valence-electron chi connectivity index (χ2n) is 4.12. The van der Waals surface area contributed by atoms with Crippen LogP contribution in [-0.4, -0.2) is 35.1 Å². The lowest BCUT2D eigenvalue weighted by atomic mass is 9.92. The molecular weight excluding hydrogens is 236 g/mol. The van der Waals surface area contributed by atoms with Crippen molar-refractivity contribution >= 4 is 21.9 Å². The van der Waals surface area contributed by atoms with Crippen LogP contribution in [0.4, 0.5) is 0 Å². The van der Waals surface area contributed by atoms with E-state index in [1.165, 1.54) is 0 Å². The summed E-state index contributed by atoms with van der Waals surface area (Å²) in [7, 11) is -4.68. The van der Waals surface area contributed by atoms with Crippen molar-refractivity contribution in [3.8, 4) is 0 Å². The number of rotatable bonds is 6. The van der Waals surface area contributed by atoms with Gasteiger partial charge in [0.25, 0.3) is 10.1 Å². The van der Waals surface area contributed by atoms with Crippen molar-refractivity contribution in [3.05, 3.63) is 0 Å². The molecule has 0 aromatic rings. The molecule has 0 radical (unpaired) electrons. The first-order valence-corrected chi connectivity index (χ1v) is 6.27. The highest BCUT2D eigenvalue weighted by Gasteiger charge is 2.40. The van der Waals surface area contributed by atoms with Gasteiger partial charge < -0.3 is 5.11 Å². The first-order valence-electron chi connectivity index (χ1n) is 4.77. The van der Waals surface area contributed by atoms with E-state index in [0.717, 1.165) is 6.92 Å². The number of hydrogen-bond donors (Lipinski definition) is 2. The maximum absolute atomic E-state index is 11.1. The van der Waals surface area contributed by atoms with Crippen molar-refractivity contribution in [2.75, 3.05) is 0 Å². The van der Waals surface area contributed by atoms with E-state index in [-0.39, 0.29) is 12.3 Å². The Labute approximate surface area is 94.4 Å². The third-order valence-electron chi connectivity index (χ3n) is 2.13. The van der Waals surface area contributed by atoms with Gasteiger partial charge in [-0.1, -0.05) is 13.8 Å². The lowest BCUT2D eigenvalue weighted by Gasteiger charge is -2.20. The average molecular weight is 252 g/mol. The van der Waals surface area contributed by atoms with Gasteiger partial charge >= 0.3 is 5.97 Å². The zero-order chi connectivity index (χ0) is 13.1. The maximum atomic E-state index is 11.1. The van der Waals surface area contributed by atoms with Crippen molar-refractivity contribution in [2.24, 2.45) is 11.8 Å². The fourth-order valence-electron chi connectivity index (χ4n) is 1.56. The molecule has 0 rings (SSSR count). The second kappa shape index (κ2) is 5.40. The predicted octanol–water partition coefficient (Wildman–Crippen LogP) is 0.579. The van der Waals surface area contributed by atoms with Gasteiger partial charge in [0.1, 0.15) is 0 Å². The monoisotopic (exact) mass is 252 g/mol. The molecule has 0 aliphatic heterocycles. The van der Waals surface area contributed by atoms with Crippen LogP contribution < -0.4 is 0 Å². The number of aliphatic carboxylic acids is 1. The van der Waals surface area contributed by atoms with Gasteiger partial charge in [-0.05, 0) is 19.3 Å². The van der Waals surface area contributed by atoms with Crippen LogP contribution in [0.5, 0.6) is 0 Å². The summed E-state index contributed by atoms with van der Waals surface area (Å²) in [5.74, 6) is -3.76. The van der Waals surface area contributed by atoms with Gasteiger partial charge in [0.15, 0.2) is 11.0 Å². The zero-order valence-corrected chi connectivity index (χ0v) is 10.2. The van der Waals surface area contributed by atoms with Crippen molar-refractivity contribution < 1.29 is 27.7 Å². The molecule has 0 saturated carbocycles. The summed E-state index contributed by atoms with van der Waals surface area (Å²) in [5.41, 5.74) is 0. The molecule has 2 unspecified atom stereocenters. The lowest BCUT2D eigenvalue weighted by molar-refractivity contribution is -0.144. The van der Waals surface area contributed by atoms with Gasteiger partial charge in [0.2, 0.25) is 0 Å². The van der Waals surface area contributed by atoms with E-state index in [1.54, 1.807) is 13.8 Å². The maximum Gasteiger partial charge on any atom is 0.308 e. The Morgan fingerprint density at radius 3 is 1.88 bits per heavy atom. The van der Waals surface area contributed by atoms with Crippen LogP contribution in [0.3, 0.4) is 0 Å². The van der Waals surface area contributed by atoms with Crippen LogP contribution in [0.2, 0.25) is 0 Å². The number of carboxylic acid groups (broad SMARTS) is 1. The zero-order valence-electron chi connectivity index (χ0n) is 9.37. The highest BCUT2D eigenvalue weighted by molar-refractivity contribution is 7.87. The molecule has 94 valence electrons. The highest BCUT2D eigenvalue weighted by atomic mass is 32.2. The second-order valence-corrected chi connectivity index (χ2v) is 5.66. The Morgan fingerprint density at radius 1 is 1.25 bits per heavy atom. The molecule has 0 aliphatic rings. The number of carbonyl (C=O) groups is 2. The minimum absolute atomic E-state index is 0.0133. The average Bonchev–Trinajstić information content (AvgIpc) is 1.97. The molecular formula is C9H16O6S. The van der Waals surface area contributed by atoms with Crippen LogP contribution in [0, 0.1) is 11.8 Å². The predicted molar refractivity (Wildman–Crippen MR) is 56.6 cm³/mol. The Morgan fingerprint density at radius 2 is 1.69 bits per heavy atom. The number of hydrogen-bond acceptors (Lipinski definition) is 4. The molecule has 2 atom stereocenters. The van der Waals surface area contributed by atoms with E-state index >= 15 is 0 Å². The van der Waals surface area contributed by atoms with Gasteiger partial charge in [-0.3, -0.25) is 14.1 Å². The first-order chi connectivity index (χ1) is 7.07. The van der Waals surface area contributed by atoms with Crippen LogP contribution in [0.25, 0.3) is 0 Å². The summed E-state index contributed by atoms with van der Waals surface area (Å²) in [6.45, 7) is 4.36. The van der Waals surface area contributed by atoms with Crippen LogP contribution in [0.1, 0.15) is 27.2 Å². The Balaban J connectivity index is 5.29. The SMILES string of the molecule is CC(=O)C(C(CC(C)C)C(=O)O)S(=O)(=O)O. The third kappa shape index (κ3) is 4.28. The molecule has 16 heavy (non-hydrogen) atoms. The molecule has 0 spiro atoms. The molecule has 2 N–H and O–H groups in total. The molecule has 6 nitrogen and oxygen atoms in total. The summed E-state index contributed by atoms with van der Waals surface area (Å²) in [4.78, 5) is 22.0. The number of ketones is 1. The molecule has 0 fully saturated rings. The van der Waals surface area contributed by atoms with Gasteiger partial charge in [0.05, 0.1) is 5.92 Å². The fourth-order valence-corrected chi connectivity index (χ4v) is 2.62. The molecule has 7 heteroatoms. The summed E-state index contributed by atoms with van der Waals surface area (Å²) in [6.07, 6.45) is 0.0133. The lowest BCUT2D eigenvalue weighted by Crippen LogP contribution is -2.40. The summed E-state index contributed by atoms with van der Waals surface area (Å²) in [5, 5.41) is 6.99. The van der Waals surface area contributed by atoms with Crippen molar-refractivity contribution in [1.29, 1.82) is 0 Å². The Kier molecular flexibility index (Phi) is 5.08. The van der Waals surface area contributed by atoms with Crippen molar-refractivity contribution in [3.63, 3.8) is 0 Å². The van der Waals surface area contributed by atoms with Crippen LogP contribution in [0.15, 0.2) is 0 Å². The van der Waals surface area contributed by atoms with E-state index in [2.05, 4.69) is 0 Å². The van der Waals surface area contributed by atoms with Gasteiger partial charge in [-0.25, -0.2) is 0 Å². The van der Waals surface area contributed by atoms with E-state index in [4.69, 9.17) is 9.66 Å². The Hall–Kier alpha value is -0.950. The Bertz CT molecular complexity index is 369. The third-order valence-corrected chi connectivity index (χ3v) is 3.43. The summed E-state index contributed by atoms with van der Waals surface area (Å²) >= 11 is 0. The summed E-state index contributed by atoms with van der Waals surface area (Å²) in [6, 6.07) is 0. The minimum Gasteiger partial charge on any atom is -0.481 e. The topological polar surface area (TPSA) is 109 Å². The number of carbonyl (C=O) groups excluding carboxylic acids is 1. The molecule has 0 heterocycles. The van der Waals surface area contributed by atoms with Crippen LogP contribution >= 0.6 is 0 Å². The van der Waals surface area contributed by atoms with E-state index in [0.29, 0.717) is 0 Å². The molecule has 0 aromatic carbocycles. The summed E-state index contributed by atoms with van der Waals surface area (Å²) < 4.78 is 30.8. The van der Waals surface area contributed by atoms with E-state index < -0.39 is 33.0 Å². The van der Waals surface area contributed by atoms with Crippen molar-refractivity contribution in [1.82, 2.24) is 0 Å². The first kappa shape index (κ1) is 15.0. The molecule has 0 amide bonds. The molecule has 0 bridgehead atoms. The quantitative estimate of drug-likeness (QED) is 0.669. The minimum atomic E-state index is -4.68.